The third kappa shape index (κ3) is 13.3. The zero-order valence-corrected chi connectivity index (χ0v) is 53.0. The molecule has 85 heavy (non-hydrogen) atoms. The van der Waals surface area contributed by atoms with E-state index in [-0.39, 0.29) is 46.1 Å². The van der Waals surface area contributed by atoms with Crippen LogP contribution in [-0.2, 0) is 67.3 Å². The Morgan fingerprint density at radius 2 is 1.08 bits per heavy atom. The number of ether oxygens (including phenoxy) is 2. The average molecular weight is 1260 g/mol. The lowest BCUT2D eigenvalue weighted by Crippen LogP contribution is -2.42. The largest absolute Gasteiger partial charge is 0.480 e. The minimum absolute atomic E-state index is 0.0950. The number of sulfonamides is 4. The molecule has 0 fully saturated rings. The van der Waals surface area contributed by atoms with Gasteiger partial charge in [-0.15, -0.1) is 0 Å². The Kier molecular flexibility index (Phi) is 20.1. The minimum Gasteiger partial charge on any atom is -0.480 e. The number of nitrogens with zero attached hydrogens (tertiary/aromatic N) is 7. The quantitative estimate of drug-likeness (QED) is 0.113. The third-order valence-corrected chi connectivity index (χ3v) is 21.7. The van der Waals surface area contributed by atoms with Crippen LogP contribution in [-0.4, -0.2) is 171 Å². The van der Waals surface area contributed by atoms with Gasteiger partial charge in [-0.25, -0.2) is 52.4 Å². The number of hydrogen-bond donors (Lipinski definition) is 3. The number of aliphatic carboxylic acids is 1. The number of aromatic nitrogens is 1. The van der Waals surface area contributed by atoms with E-state index in [2.05, 4.69) is 14.8 Å². The Bertz CT molecular complexity index is 4140. The molecule has 0 saturated carbocycles. The predicted octanol–water partition coefficient (Wildman–Crippen LogP) is 5.48. The van der Waals surface area contributed by atoms with Gasteiger partial charge in [-0.1, -0.05) is 0 Å². The highest BCUT2D eigenvalue weighted by molar-refractivity contribution is 7.90. The number of carboxylic acids is 1. The Labute approximate surface area is 495 Å². The van der Waals surface area contributed by atoms with Crippen molar-refractivity contribution < 1.29 is 71.8 Å². The topological polar surface area (TPSA) is 292 Å². The van der Waals surface area contributed by atoms with Crippen molar-refractivity contribution in [3.05, 3.63) is 128 Å². The molecule has 0 atom stereocenters. The molecule has 3 aliphatic heterocycles. The van der Waals surface area contributed by atoms with E-state index in [1.165, 1.54) is 78.6 Å². The standard InChI is InChI=1S/C22H24FN3O4S.C12H16N2O4S.C11H16N2O4S.C11H14N2O3S/c1-13-7-21-20(24(3)12-25(4)31(21,29)30)9-15(13)8-17-14(2)26(11-22(27)28)19-6-5-16(23)10-18(17)19;1-8-5-11-10(6-9(8)12(15)18-4)13(2)7-14(3)19(11,16)17;1-7-5-10(18(15,16)13-3)9(12-2)6-8(7)11(14)17-4;1-8-4-11-10(5-9(8)6-14)12(2)7-13(3)17(11,15)16/h5-7,9-10H,8,11-12H2,1-4H3,(H,27,28);5-6H,7H2,1-4H3;5-6,12-13H,1-4H3;4-6H,7H2,1-3H3. The first-order chi connectivity index (χ1) is 39.5. The van der Waals surface area contributed by atoms with E-state index < -0.39 is 63.8 Å². The number of methoxy groups -OCH3 is 2. The highest BCUT2D eigenvalue weighted by Crippen LogP contribution is 2.38. The van der Waals surface area contributed by atoms with Gasteiger partial charge in [0.2, 0.25) is 40.1 Å². The number of benzene rings is 5. The summed E-state index contributed by atoms with van der Waals surface area (Å²) in [5.41, 5.74) is 9.05. The van der Waals surface area contributed by atoms with E-state index in [4.69, 9.17) is 4.74 Å². The van der Waals surface area contributed by atoms with Crippen LogP contribution in [0.2, 0.25) is 0 Å². The maximum Gasteiger partial charge on any atom is 0.338 e. The second-order valence-corrected chi connectivity index (χ2v) is 28.4. The Morgan fingerprint density at radius 1 is 0.635 bits per heavy atom. The van der Waals surface area contributed by atoms with Crippen LogP contribution in [0.3, 0.4) is 0 Å². The normalized spacial score (nSPS) is 16.0. The Balaban J connectivity index is 0.000000188. The van der Waals surface area contributed by atoms with Gasteiger partial charge in [0.15, 0.2) is 0 Å². The van der Waals surface area contributed by atoms with Gasteiger partial charge in [0.1, 0.15) is 38.2 Å². The van der Waals surface area contributed by atoms with Gasteiger partial charge in [0.05, 0.1) is 68.1 Å². The smallest absolute Gasteiger partial charge is 0.338 e. The van der Waals surface area contributed by atoms with E-state index >= 15 is 0 Å². The summed E-state index contributed by atoms with van der Waals surface area (Å²) in [6, 6.07) is 17.1. The van der Waals surface area contributed by atoms with Crippen LogP contribution in [0.4, 0.5) is 27.1 Å². The zero-order valence-electron chi connectivity index (χ0n) is 49.8. The Morgan fingerprint density at radius 3 is 1.54 bits per heavy atom. The first-order valence-electron chi connectivity index (χ1n) is 25.9. The first-order valence-corrected chi connectivity index (χ1v) is 31.7. The molecule has 0 spiro atoms. The molecule has 0 bridgehead atoms. The van der Waals surface area contributed by atoms with Crippen LogP contribution < -0.4 is 24.7 Å². The zero-order chi connectivity index (χ0) is 63.7. The lowest BCUT2D eigenvalue weighted by molar-refractivity contribution is -0.137. The second-order valence-electron chi connectivity index (χ2n) is 20.5. The number of esters is 2. The molecule has 4 heterocycles. The Hall–Kier alpha value is -7.51. The average Bonchev–Trinajstić information content (AvgIpc) is 2.92. The number of hydrogen-bond acceptors (Lipinski definition) is 18. The summed E-state index contributed by atoms with van der Waals surface area (Å²) in [6.07, 6.45) is 1.18. The molecule has 0 unspecified atom stereocenters. The van der Waals surface area contributed by atoms with E-state index in [0.29, 0.717) is 73.5 Å². The predicted molar refractivity (Wildman–Crippen MR) is 320 cm³/mol. The van der Waals surface area contributed by atoms with E-state index in [1.807, 2.05) is 36.8 Å². The van der Waals surface area contributed by atoms with Crippen LogP contribution in [0.5, 0.6) is 0 Å². The van der Waals surface area contributed by atoms with Crippen molar-refractivity contribution in [1.29, 1.82) is 0 Å². The molecule has 0 aliphatic carbocycles. The fraction of sp³-hybridized carbons (Fsp3) is 0.357. The number of halogens is 1. The van der Waals surface area contributed by atoms with Crippen LogP contribution in [0.15, 0.2) is 86.3 Å². The van der Waals surface area contributed by atoms with E-state index in [1.54, 1.807) is 88.8 Å². The lowest BCUT2D eigenvalue weighted by atomic mass is 9.97. The molecule has 9 rings (SSSR count). The van der Waals surface area contributed by atoms with E-state index in [0.717, 1.165) is 28.7 Å². The van der Waals surface area contributed by atoms with Crippen LogP contribution >= 0.6 is 0 Å². The SMILES string of the molecule is CNc1cc(C(=O)OC)c(C)cc1S(=O)(=O)NC.COC(=O)c1cc2c(cc1C)S(=O)(=O)N(C)CN2C.Cc1cc2c(cc1C=O)N(C)CN(C)S2(=O)=O.Cc1cc2c(cc1Cc1c(C)n(CC(=O)O)c3ccc(F)cc13)N(C)CN(C)S2(=O)=O. The number of aryl methyl sites for hydroxylation is 4. The van der Waals surface area contributed by atoms with Crippen LogP contribution in [0, 0.1) is 40.4 Å². The fourth-order valence-electron chi connectivity index (χ4n) is 9.90. The summed E-state index contributed by atoms with van der Waals surface area (Å²) in [7, 11) is 1.48. The van der Waals surface area contributed by atoms with Gasteiger partial charge in [-0.05, 0) is 142 Å². The number of carbonyl (C=O) groups is 4. The number of aldehydes is 1. The number of carboxylic acid groups (broad SMARTS) is 1. The van der Waals surface area contributed by atoms with Gasteiger partial charge >= 0.3 is 17.9 Å². The molecule has 0 amide bonds. The van der Waals surface area contributed by atoms with Crippen molar-refractivity contribution in [2.45, 2.75) is 67.2 Å². The molecule has 460 valence electrons. The summed E-state index contributed by atoms with van der Waals surface area (Å²) in [4.78, 5) is 51.7. The molecule has 1 aromatic heterocycles. The van der Waals surface area contributed by atoms with Crippen molar-refractivity contribution >= 4 is 97.9 Å². The molecule has 6 aromatic rings. The van der Waals surface area contributed by atoms with Gasteiger partial charge in [0.25, 0.3) is 0 Å². The van der Waals surface area contributed by atoms with Crippen molar-refractivity contribution in [1.82, 2.24) is 22.2 Å². The number of rotatable bonds is 10. The first kappa shape index (κ1) is 66.6. The van der Waals surface area contributed by atoms with Gasteiger partial charge in [-0.2, -0.15) is 12.9 Å². The van der Waals surface area contributed by atoms with Crippen LogP contribution in [0.25, 0.3) is 10.9 Å². The maximum absolute atomic E-state index is 14.0. The van der Waals surface area contributed by atoms with Crippen LogP contribution in [0.1, 0.15) is 70.1 Å². The van der Waals surface area contributed by atoms with Gasteiger partial charge in [0, 0.05) is 77.9 Å². The van der Waals surface area contributed by atoms with Crippen molar-refractivity contribution in [2.24, 2.45) is 0 Å². The third-order valence-electron chi connectivity index (χ3n) is 14.8. The number of anilines is 4. The minimum atomic E-state index is -3.58. The summed E-state index contributed by atoms with van der Waals surface area (Å²) in [5.74, 6) is -2.34. The molecule has 3 aliphatic rings. The van der Waals surface area contributed by atoms with Crippen molar-refractivity contribution in [3.63, 3.8) is 0 Å². The van der Waals surface area contributed by atoms with E-state index in [9.17, 15) is 62.3 Å². The monoisotopic (exact) mass is 1260 g/mol. The molecule has 3 N–H and O–H groups in total. The number of nitrogens with one attached hydrogen (secondary N) is 2. The summed E-state index contributed by atoms with van der Waals surface area (Å²) in [6.45, 7) is 9.33. The number of carbonyl (C=O) groups excluding carboxylic acids is 3. The molecular weight excluding hydrogens is 1190 g/mol. The highest BCUT2D eigenvalue weighted by Gasteiger charge is 2.35. The molecular formula is C56H70FN9O15S4. The summed E-state index contributed by atoms with van der Waals surface area (Å²) in [5, 5.41) is 12.7. The van der Waals surface area contributed by atoms with Crippen molar-refractivity contribution in [3.8, 4) is 0 Å². The molecule has 0 saturated heterocycles. The second kappa shape index (κ2) is 25.6. The molecule has 29 heteroatoms. The maximum atomic E-state index is 14.0. The number of fused-ring (bicyclic) bond motifs is 4. The highest BCUT2D eigenvalue weighted by atomic mass is 32.2. The summed E-state index contributed by atoms with van der Waals surface area (Å²) >= 11 is 0. The molecule has 0 radical (unpaired) electrons. The summed E-state index contributed by atoms with van der Waals surface area (Å²) < 4.78 is 129. The van der Waals surface area contributed by atoms with Gasteiger partial charge in [-0.3, -0.25) is 9.59 Å². The van der Waals surface area contributed by atoms with Gasteiger partial charge < -0.3 is 39.2 Å². The lowest BCUT2D eigenvalue weighted by Gasteiger charge is -2.34. The fourth-order valence-corrected chi connectivity index (χ4v) is 15.3. The molecule has 24 nitrogen and oxygen atoms in total. The molecule has 5 aromatic carbocycles. The van der Waals surface area contributed by atoms with Crippen molar-refractivity contribution in [2.75, 3.05) is 111 Å².